The molecule has 1 nitrogen and oxygen atoms in total. The van der Waals surface area contributed by atoms with Crippen molar-refractivity contribution in [2.75, 3.05) is 0 Å². The minimum Gasteiger partial charge on any atom is -0.308 e. The first-order valence-corrected chi connectivity index (χ1v) is 5.83. The maximum Gasteiger partial charge on any atom is 0.0222 e. The first kappa shape index (κ1) is 9.51. The minimum absolute atomic E-state index is 0.538. The second-order valence-corrected chi connectivity index (χ2v) is 5.71. The molecule has 1 heteroatoms. The number of nitrogens with one attached hydrogen (secondary N) is 1. The van der Waals surface area contributed by atoms with E-state index >= 15 is 0 Å². The Morgan fingerprint density at radius 1 is 1.23 bits per heavy atom. The summed E-state index contributed by atoms with van der Waals surface area (Å²) in [5, 5.41) is 3.82. The Bertz CT molecular complexity index is 184. The van der Waals surface area contributed by atoms with Gasteiger partial charge in [0.1, 0.15) is 0 Å². The lowest BCUT2D eigenvalue weighted by Crippen LogP contribution is -2.72. The van der Waals surface area contributed by atoms with Crippen LogP contribution < -0.4 is 5.32 Å². The fourth-order valence-corrected chi connectivity index (χ4v) is 3.29. The van der Waals surface area contributed by atoms with E-state index in [1.807, 2.05) is 0 Å². The lowest BCUT2D eigenvalue weighted by Gasteiger charge is -2.60. The van der Waals surface area contributed by atoms with Gasteiger partial charge in [-0.05, 0) is 37.0 Å². The number of hydrogen-bond acceptors (Lipinski definition) is 1. The largest absolute Gasteiger partial charge is 0.308 e. The highest BCUT2D eigenvalue weighted by Crippen LogP contribution is 2.47. The average molecular weight is 181 g/mol. The van der Waals surface area contributed by atoms with Crippen molar-refractivity contribution in [3.05, 3.63) is 0 Å². The third-order valence-electron chi connectivity index (χ3n) is 4.46. The number of fused-ring (bicyclic) bond motifs is 2. The SMILES string of the molecule is CC(C)C1CCC2(C(C)C)CC1N2. The van der Waals surface area contributed by atoms with Gasteiger partial charge in [-0.2, -0.15) is 0 Å². The van der Waals surface area contributed by atoms with Crippen molar-refractivity contribution in [1.29, 1.82) is 0 Å². The maximum atomic E-state index is 3.82. The second-order valence-electron chi connectivity index (χ2n) is 5.71. The molecule has 0 aromatic rings. The van der Waals surface area contributed by atoms with E-state index in [-0.39, 0.29) is 0 Å². The molecule has 0 aromatic heterocycles. The molecule has 0 spiro atoms. The fraction of sp³-hybridized carbons (Fsp3) is 1.00. The third-order valence-corrected chi connectivity index (χ3v) is 4.46. The van der Waals surface area contributed by atoms with Crippen LogP contribution in [0, 0.1) is 17.8 Å². The van der Waals surface area contributed by atoms with Gasteiger partial charge in [0.2, 0.25) is 0 Å². The van der Waals surface area contributed by atoms with Gasteiger partial charge < -0.3 is 5.32 Å². The Kier molecular flexibility index (Phi) is 2.18. The molecular weight excluding hydrogens is 158 g/mol. The molecule has 0 aromatic carbocycles. The van der Waals surface area contributed by atoms with Crippen LogP contribution in [0.4, 0.5) is 0 Å². The van der Waals surface area contributed by atoms with E-state index < -0.39 is 0 Å². The average Bonchev–Trinajstić information content (AvgIpc) is 2.02. The van der Waals surface area contributed by atoms with Crippen LogP contribution in [0.2, 0.25) is 0 Å². The third kappa shape index (κ3) is 1.32. The van der Waals surface area contributed by atoms with Crippen LogP contribution in [0.1, 0.15) is 47.0 Å². The van der Waals surface area contributed by atoms with Crippen LogP contribution in [0.5, 0.6) is 0 Å². The van der Waals surface area contributed by atoms with E-state index in [9.17, 15) is 0 Å². The van der Waals surface area contributed by atoms with Gasteiger partial charge in [0.25, 0.3) is 0 Å². The monoisotopic (exact) mass is 181 g/mol. The first-order chi connectivity index (χ1) is 6.05. The van der Waals surface area contributed by atoms with Gasteiger partial charge in [0, 0.05) is 11.6 Å². The highest BCUT2D eigenvalue weighted by molar-refractivity contribution is 5.11. The van der Waals surface area contributed by atoms with E-state index in [0.29, 0.717) is 5.54 Å². The summed E-state index contributed by atoms with van der Waals surface area (Å²) in [5.74, 6) is 2.63. The van der Waals surface area contributed by atoms with Crippen molar-refractivity contribution in [1.82, 2.24) is 5.32 Å². The minimum atomic E-state index is 0.538. The molecule has 0 radical (unpaired) electrons. The standard InChI is InChI=1S/C12H23N/c1-8(2)10-5-6-12(9(3)4)7-11(10)13-12/h8-11,13H,5-7H2,1-4H3. The molecule has 2 saturated heterocycles. The van der Waals surface area contributed by atoms with Gasteiger partial charge in [-0.15, -0.1) is 0 Å². The maximum absolute atomic E-state index is 3.82. The molecular formula is C12H23N. The van der Waals surface area contributed by atoms with Crippen LogP contribution in [0.15, 0.2) is 0 Å². The Morgan fingerprint density at radius 2 is 1.85 bits per heavy atom. The molecule has 1 saturated carbocycles. The molecule has 3 aliphatic rings. The van der Waals surface area contributed by atoms with Crippen molar-refractivity contribution in [3.63, 3.8) is 0 Å². The van der Waals surface area contributed by atoms with Crippen molar-refractivity contribution < 1.29 is 0 Å². The van der Waals surface area contributed by atoms with Crippen LogP contribution in [-0.2, 0) is 0 Å². The van der Waals surface area contributed by atoms with E-state index in [1.54, 1.807) is 0 Å². The molecule has 3 atom stereocenters. The molecule has 2 heterocycles. The highest BCUT2D eigenvalue weighted by Gasteiger charge is 2.52. The van der Waals surface area contributed by atoms with Crippen molar-refractivity contribution in [2.24, 2.45) is 17.8 Å². The number of hydrogen-bond donors (Lipinski definition) is 1. The summed E-state index contributed by atoms with van der Waals surface area (Å²) in [7, 11) is 0. The van der Waals surface area contributed by atoms with E-state index in [0.717, 1.165) is 23.8 Å². The Morgan fingerprint density at radius 3 is 2.15 bits per heavy atom. The Labute approximate surface area is 82.3 Å². The van der Waals surface area contributed by atoms with Crippen molar-refractivity contribution in [3.8, 4) is 0 Å². The zero-order chi connectivity index (χ0) is 9.64. The van der Waals surface area contributed by atoms with Crippen LogP contribution in [-0.4, -0.2) is 11.6 Å². The zero-order valence-corrected chi connectivity index (χ0v) is 9.43. The molecule has 1 N–H and O–H groups in total. The highest BCUT2D eigenvalue weighted by atomic mass is 15.1. The summed E-state index contributed by atoms with van der Waals surface area (Å²) in [6.45, 7) is 9.46. The number of piperidine rings is 1. The number of rotatable bonds is 2. The summed E-state index contributed by atoms with van der Waals surface area (Å²) in [4.78, 5) is 0. The summed E-state index contributed by atoms with van der Waals surface area (Å²) in [6, 6.07) is 0.844. The first-order valence-electron chi connectivity index (χ1n) is 5.83. The van der Waals surface area contributed by atoms with Crippen LogP contribution in [0.25, 0.3) is 0 Å². The van der Waals surface area contributed by atoms with Gasteiger partial charge in [-0.1, -0.05) is 27.7 Å². The molecule has 2 aliphatic heterocycles. The van der Waals surface area contributed by atoms with Gasteiger partial charge >= 0.3 is 0 Å². The molecule has 2 bridgehead atoms. The predicted molar refractivity (Wildman–Crippen MR) is 56.7 cm³/mol. The predicted octanol–water partition coefficient (Wildman–Crippen LogP) is 2.81. The van der Waals surface area contributed by atoms with Gasteiger partial charge in [-0.3, -0.25) is 0 Å². The van der Waals surface area contributed by atoms with E-state index in [4.69, 9.17) is 0 Å². The van der Waals surface area contributed by atoms with Gasteiger partial charge in [0.05, 0.1) is 0 Å². The van der Waals surface area contributed by atoms with Crippen molar-refractivity contribution in [2.45, 2.75) is 58.5 Å². The molecule has 0 amide bonds. The normalized spacial score (nSPS) is 43.8. The lowest BCUT2D eigenvalue weighted by molar-refractivity contribution is -0.0244. The molecule has 3 unspecified atom stereocenters. The van der Waals surface area contributed by atoms with Crippen LogP contribution in [0.3, 0.4) is 0 Å². The van der Waals surface area contributed by atoms with Gasteiger partial charge in [0.15, 0.2) is 0 Å². The molecule has 3 rings (SSSR count). The summed E-state index contributed by atoms with van der Waals surface area (Å²) in [6.07, 6.45) is 4.30. The summed E-state index contributed by atoms with van der Waals surface area (Å²) < 4.78 is 0. The Hall–Kier alpha value is -0.0400. The zero-order valence-electron chi connectivity index (χ0n) is 9.43. The topological polar surface area (TPSA) is 12.0 Å². The molecule has 13 heavy (non-hydrogen) atoms. The summed E-state index contributed by atoms with van der Waals surface area (Å²) in [5.41, 5.74) is 0.538. The van der Waals surface area contributed by atoms with Crippen LogP contribution >= 0.6 is 0 Å². The van der Waals surface area contributed by atoms with Gasteiger partial charge in [-0.25, -0.2) is 0 Å². The second kappa shape index (κ2) is 2.98. The van der Waals surface area contributed by atoms with Crippen molar-refractivity contribution >= 4 is 0 Å². The molecule has 1 aliphatic carbocycles. The summed E-state index contributed by atoms with van der Waals surface area (Å²) >= 11 is 0. The smallest absolute Gasteiger partial charge is 0.0222 e. The van der Waals surface area contributed by atoms with E-state index in [1.165, 1.54) is 19.3 Å². The molecule has 3 fully saturated rings. The Balaban J connectivity index is 1.99. The lowest BCUT2D eigenvalue weighted by atomic mass is 9.59. The quantitative estimate of drug-likeness (QED) is 0.690. The van der Waals surface area contributed by atoms with E-state index in [2.05, 4.69) is 33.0 Å². The molecule has 76 valence electrons. The fourth-order valence-electron chi connectivity index (χ4n) is 3.29.